The highest BCUT2D eigenvalue weighted by Crippen LogP contribution is 2.33. The monoisotopic (exact) mass is 299 g/mol. The molecule has 0 saturated carbocycles. The van der Waals surface area contributed by atoms with Crippen LogP contribution in [0, 0.1) is 5.82 Å². The second-order valence-corrected chi connectivity index (χ2v) is 4.80. The molecule has 2 rings (SSSR count). The second-order valence-electron chi connectivity index (χ2n) is 2.94. The maximum Gasteiger partial charge on any atom is 0.192 e. The Hall–Kier alpha value is -1.14. The molecule has 1 heterocycles. The van der Waals surface area contributed by atoms with Gasteiger partial charge < -0.3 is 5.73 Å². The van der Waals surface area contributed by atoms with Gasteiger partial charge in [-0.25, -0.2) is 14.4 Å². The molecule has 0 fully saturated rings. The summed E-state index contributed by atoms with van der Waals surface area (Å²) in [5, 5.41) is 0.577. The number of nitrogens with two attached hydrogens (primary N) is 1. The summed E-state index contributed by atoms with van der Waals surface area (Å²) >= 11 is 4.40. The minimum Gasteiger partial charge on any atom is -0.398 e. The van der Waals surface area contributed by atoms with Crippen LogP contribution in [0.5, 0.6) is 0 Å². The molecule has 2 N–H and O–H groups in total. The number of anilines is 1. The summed E-state index contributed by atoms with van der Waals surface area (Å²) in [4.78, 5) is 8.83. The highest BCUT2D eigenvalue weighted by molar-refractivity contribution is 9.10. The summed E-state index contributed by atoms with van der Waals surface area (Å²) in [6, 6.07) is 4.62. The zero-order valence-corrected chi connectivity index (χ0v) is 10.4. The Morgan fingerprint density at radius 2 is 1.94 bits per heavy atom. The molecule has 82 valence electrons. The summed E-state index contributed by atoms with van der Waals surface area (Å²) < 4.78 is 13.5. The minimum absolute atomic E-state index is 0.373. The highest BCUT2D eigenvalue weighted by Gasteiger charge is 2.08. The summed E-state index contributed by atoms with van der Waals surface area (Å²) in [6.45, 7) is 0. The second kappa shape index (κ2) is 4.80. The molecule has 0 aliphatic carbocycles. The van der Waals surface area contributed by atoms with Gasteiger partial charge in [0.05, 0.1) is 4.47 Å². The predicted molar refractivity (Wildman–Crippen MR) is 64.7 cm³/mol. The standard InChI is InChI=1S/C10H7BrFN3S/c11-6-4-9(8(13)5-7(6)12)16-10-14-2-1-3-15-10/h1-5H,13H2. The third-order valence-electron chi connectivity index (χ3n) is 1.80. The van der Waals surface area contributed by atoms with Crippen molar-refractivity contribution in [3.63, 3.8) is 0 Å². The summed E-state index contributed by atoms with van der Waals surface area (Å²) in [6.07, 6.45) is 3.29. The van der Waals surface area contributed by atoms with E-state index in [1.165, 1.54) is 17.8 Å². The van der Waals surface area contributed by atoms with E-state index in [2.05, 4.69) is 25.9 Å². The van der Waals surface area contributed by atoms with Crippen molar-refractivity contribution in [2.24, 2.45) is 0 Å². The lowest BCUT2D eigenvalue weighted by Gasteiger charge is -2.05. The van der Waals surface area contributed by atoms with E-state index in [-0.39, 0.29) is 5.82 Å². The number of aromatic nitrogens is 2. The number of hydrogen-bond acceptors (Lipinski definition) is 4. The van der Waals surface area contributed by atoms with E-state index in [0.717, 1.165) is 4.90 Å². The summed E-state index contributed by atoms with van der Waals surface area (Å²) in [7, 11) is 0. The van der Waals surface area contributed by atoms with Gasteiger partial charge in [-0.2, -0.15) is 0 Å². The maximum atomic E-state index is 13.1. The number of halogens is 2. The van der Waals surface area contributed by atoms with Crippen LogP contribution in [0.2, 0.25) is 0 Å². The summed E-state index contributed by atoms with van der Waals surface area (Å²) in [5.74, 6) is -0.379. The molecule has 0 aliphatic rings. The van der Waals surface area contributed by atoms with Crippen molar-refractivity contribution in [1.29, 1.82) is 0 Å². The van der Waals surface area contributed by atoms with Gasteiger partial charge in [0.25, 0.3) is 0 Å². The fourth-order valence-electron chi connectivity index (χ4n) is 1.07. The average Bonchev–Trinajstić information content (AvgIpc) is 2.27. The molecular weight excluding hydrogens is 293 g/mol. The molecule has 0 saturated heterocycles. The highest BCUT2D eigenvalue weighted by atomic mass is 79.9. The lowest BCUT2D eigenvalue weighted by molar-refractivity contribution is 0.620. The molecule has 6 heteroatoms. The van der Waals surface area contributed by atoms with Crippen molar-refractivity contribution in [3.8, 4) is 0 Å². The Morgan fingerprint density at radius 1 is 1.25 bits per heavy atom. The fraction of sp³-hybridized carbons (Fsp3) is 0. The number of nitrogens with zero attached hydrogens (tertiary/aromatic N) is 2. The molecule has 2 aromatic rings. The molecule has 1 aromatic heterocycles. The van der Waals surface area contributed by atoms with Crippen LogP contribution in [0.1, 0.15) is 0 Å². The first kappa shape index (κ1) is 11.3. The Labute approximate surface area is 104 Å². The lowest BCUT2D eigenvalue weighted by Crippen LogP contribution is -1.92. The largest absolute Gasteiger partial charge is 0.398 e. The van der Waals surface area contributed by atoms with Gasteiger partial charge in [0.1, 0.15) is 5.82 Å². The predicted octanol–water partition coefficient (Wildman–Crippen LogP) is 3.11. The van der Waals surface area contributed by atoms with Gasteiger partial charge in [-0.1, -0.05) is 0 Å². The van der Waals surface area contributed by atoms with Gasteiger partial charge in [-0.3, -0.25) is 0 Å². The van der Waals surface area contributed by atoms with Crippen molar-refractivity contribution >= 4 is 33.4 Å². The normalized spacial score (nSPS) is 10.4. The zero-order chi connectivity index (χ0) is 11.5. The molecule has 3 nitrogen and oxygen atoms in total. The van der Waals surface area contributed by atoms with Gasteiger partial charge in [0.15, 0.2) is 5.16 Å². The average molecular weight is 300 g/mol. The van der Waals surface area contributed by atoms with E-state index >= 15 is 0 Å². The Balaban J connectivity index is 2.32. The molecule has 0 spiro atoms. The zero-order valence-electron chi connectivity index (χ0n) is 8.02. The molecule has 0 bridgehead atoms. The van der Waals surface area contributed by atoms with Crippen LogP contribution in [0.15, 0.2) is 45.1 Å². The van der Waals surface area contributed by atoms with Gasteiger partial charge in [-0.05, 0) is 45.9 Å². The van der Waals surface area contributed by atoms with Crippen LogP contribution in [0.4, 0.5) is 10.1 Å². The maximum absolute atomic E-state index is 13.1. The van der Waals surface area contributed by atoms with Crippen molar-refractivity contribution in [2.75, 3.05) is 5.73 Å². The first-order chi connectivity index (χ1) is 7.66. The van der Waals surface area contributed by atoms with Crippen LogP contribution >= 0.6 is 27.7 Å². The molecule has 0 amide bonds. The minimum atomic E-state index is -0.379. The third-order valence-corrected chi connectivity index (χ3v) is 3.37. The van der Waals surface area contributed by atoms with Crippen LogP contribution in [-0.2, 0) is 0 Å². The van der Waals surface area contributed by atoms with E-state index in [9.17, 15) is 4.39 Å². The van der Waals surface area contributed by atoms with Crippen molar-refractivity contribution in [1.82, 2.24) is 9.97 Å². The number of hydrogen-bond donors (Lipinski definition) is 1. The van der Waals surface area contributed by atoms with Crippen LogP contribution < -0.4 is 5.73 Å². The Kier molecular flexibility index (Phi) is 3.40. The number of benzene rings is 1. The van der Waals surface area contributed by atoms with Crippen LogP contribution in [0.3, 0.4) is 0 Å². The number of rotatable bonds is 2. The smallest absolute Gasteiger partial charge is 0.192 e. The molecule has 0 aliphatic heterocycles. The molecular formula is C10H7BrFN3S. The van der Waals surface area contributed by atoms with Crippen molar-refractivity contribution in [3.05, 3.63) is 40.9 Å². The Bertz CT molecular complexity index is 507. The van der Waals surface area contributed by atoms with E-state index in [1.54, 1.807) is 24.5 Å². The van der Waals surface area contributed by atoms with E-state index < -0.39 is 0 Å². The number of nitrogen functional groups attached to an aromatic ring is 1. The van der Waals surface area contributed by atoms with Gasteiger partial charge >= 0.3 is 0 Å². The lowest BCUT2D eigenvalue weighted by atomic mass is 10.3. The van der Waals surface area contributed by atoms with Crippen molar-refractivity contribution in [2.45, 2.75) is 10.1 Å². The molecule has 0 radical (unpaired) electrons. The third kappa shape index (κ3) is 2.51. The Morgan fingerprint density at radius 3 is 2.62 bits per heavy atom. The molecule has 0 atom stereocenters. The molecule has 0 unspecified atom stereocenters. The van der Waals surface area contributed by atoms with Gasteiger partial charge in [-0.15, -0.1) is 0 Å². The van der Waals surface area contributed by atoms with E-state index in [0.29, 0.717) is 15.3 Å². The van der Waals surface area contributed by atoms with Gasteiger partial charge in [0.2, 0.25) is 0 Å². The molecule has 16 heavy (non-hydrogen) atoms. The van der Waals surface area contributed by atoms with E-state index in [1.807, 2.05) is 0 Å². The fourth-order valence-corrected chi connectivity index (χ4v) is 2.34. The SMILES string of the molecule is Nc1cc(F)c(Br)cc1Sc1ncccn1. The van der Waals surface area contributed by atoms with Gasteiger partial charge in [0, 0.05) is 23.0 Å². The quantitative estimate of drug-likeness (QED) is 0.684. The first-order valence-electron chi connectivity index (χ1n) is 4.36. The van der Waals surface area contributed by atoms with E-state index in [4.69, 9.17) is 5.73 Å². The first-order valence-corrected chi connectivity index (χ1v) is 5.97. The molecule has 1 aromatic carbocycles. The van der Waals surface area contributed by atoms with Crippen molar-refractivity contribution < 1.29 is 4.39 Å². The van der Waals surface area contributed by atoms with Crippen LogP contribution in [0.25, 0.3) is 0 Å². The van der Waals surface area contributed by atoms with Crippen LogP contribution in [-0.4, -0.2) is 9.97 Å². The summed E-state index contributed by atoms with van der Waals surface area (Å²) in [5.41, 5.74) is 6.07. The topological polar surface area (TPSA) is 51.8 Å².